The van der Waals surface area contributed by atoms with Gasteiger partial charge in [-0.15, -0.1) is 0 Å². The summed E-state index contributed by atoms with van der Waals surface area (Å²) in [4.78, 5) is 0. The number of hydrazone groups is 1. The first kappa shape index (κ1) is 10.7. The average Bonchev–Trinajstić information content (AvgIpc) is 2.69. The van der Waals surface area contributed by atoms with E-state index >= 15 is 0 Å². The van der Waals surface area contributed by atoms with Gasteiger partial charge in [0.25, 0.3) is 0 Å². The molecule has 0 fully saturated rings. The first-order valence-electron chi connectivity index (χ1n) is 5.54. The molecule has 0 bridgehead atoms. The third-order valence-electron chi connectivity index (χ3n) is 2.78. The molecule has 1 aliphatic heterocycles. The maximum absolute atomic E-state index is 8.62. The van der Waals surface area contributed by atoms with Crippen molar-refractivity contribution < 1.29 is 0 Å². The predicted octanol–water partition coefficient (Wildman–Crippen LogP) is 2.72. The van der Waals surface area contributed by atoms with Crippen LogP contribution in [0.2, 0.25) is 0 Å². The van der Waals surface area contributed by atoms with Crippen LogP contribution in [0.3, 0.4) is 0 Å². The van der Waals surface area contributed by atoms with Gasteiger partial charge in [0.2, 0.25) is 0 Å². The molecule has 1 aliphatic rings. The summed E-state index contributed by atoms with van der Waals surface area (Å²) < 4.78 is 0. The van der Waals surface area contributed by atoms with Crippen LogP contribution in [0.1, 0.15) is 31.4 Å². The minimum absolute atomic E-state index is 0.314. The summed E-state index contributed by atoms with van der Waals surface area (Å²) in [6, 6.07) is 12.8. The van der Waals surface area contributed by atoms with Gasteiger partial charge in [-0.25, -0.2) is 0 Å². The number of nitrogens with zero attached hydrogens (tertiary/aromatic N) is 3. The number of nitriles is 1. The Hall–Kier alpha value is -1.82. The lowest BCUT2D eigenvalue weighted by Crippen LogP contribution is -2.20. The van der Waals surface area contributed by atoms with Crippen LogP contribution < -0.4 is 0 Å². The van der Waals surface area contributed by atoms with E-state index in [1.54, 1.807) is 0 Å². The number of hydrogen-bond acceptors (Lipinski definition) is 3. The van der Waals surface area contributed by atoms with E-state index in [-0.39, 0.29) is 0 Å². The van der Waals surface area contributed by atoms with E-state index in [1.807, 2.05) is 30.1 Å². The Bertz CT molecular complexity index is 417. The summed E-state index contributed by atoms with van der Waals surface area (Å²) in [6.45, 7) is 2.76. The van der Waals surface area contributed by atoms with E-state index in [1.165, 1.54) is 5.56 Å². The van der Waals surface area contributed by atoms with Crippen molar-refractivity contribution in [1.82, 2.24) is 5.01 Å². The number of rotatable bonds is 3. The van der Waals surface area contributed by atoms with Crippen LogP contribution in [-0.2, 0) is 0 Å². The summed E-state index contributed by atoms with van der Waals surface area (Å²) >= 11 is 0. The molecule has 1 aromatic rings. The SMILES string of the molecule is CC1=NN(CCC#N)[C@@H](c2ccccc2)C1. The maximum Gasteiger partial charge on any atom is 0.0773 e. The molecule has 0 aromatic heterocycles. The fourth-order valence-electron chi connectivity index (χ4n) is 2.05. The first-order chi connectivity index (χ1) is 7.81. The average molecular weight is 213 g/mol. The normalized spacial score (nSPS) is 19.4. The molecule has 1 atom stereocenters. The lowest BCUT2D eigenvalue weighted by atomic mass is 10.0. The van der Waals surface area contributed by atoms with Crippen molar-refractivity contribution in [3.8, 4) is 6.07 Å². The van der Waals surface area contributed by atoms with Gasteiger partial charge in [0.15, 0.2) is 0 Å². The minimum Gasteiger partial charge on any atom is -0.288 e. The Kier molecular flexibility index (Phi) is 3.21. The highest BCUT2D eigenvalue weighted by Crippen LogP contribution is 2.30. The van der Waals surface area contributed by atoms with Crippen LogP contribution in [0.25, 0.3) is 0 Å². The van der Waals surface area contributed by atoms with Crippen LogP contribution in [0.4, 0.5) is 0 Å². The van der Waals surface area contributed by atoms with Gasteiger partial charge in [0.05, 0.1) is 18.5 Å². The maximum atomic E-state index is 8.62. The zero-order chi connectivity index (χ0) is 11.4. The van der Waals surface area contributed by atoms with Gasteiger partial charge in [-0.3, -0.25) is 5.01 Å². The Morgan fingerprint density at radius 1 is 1.44 bits per heavy atom. The van der Waals surface area contributed by atoms with Crippen LogP contribution in [-0.4, -0.2) is 17.3 Å². The Morgan fingerprint density at radius 2 is 2.19 bits per heavy atom. The zero-order valence-electron chi connectivity index (χ0n) is 9.43. The molecule has 0 aliphatic carbocycles. The highest BCUT2D eigenvalue weighted by atomic mass is 15.5. The Labute approximate surface area is 96.0 Å². The van der Waals surface area contributed by atoms with Crippen molar-refractivity contribution in [1.29, 1.82) is 5.26 Å². The molecular weight excluding hydrogens is 198 g/mol. The second-order valence-corrected chi connectivity index (χ2v) is 4.04. The molecule has 1 heterocycles. The van der Waals surface area contributed by atoms with Crippen molar-refractivity contribution in [2.45, 2.75) is 25.8 Å². The van der Waals surface area contributed by atoms with Gasteiger partial charge in [0.1, 0.15) is 0 Å². The molecule has 0 radical (unpaired) electrons. The summed E-state index contributed by atoms with van der Waals surface area (Å²) in [6.07, 6.45) is 1.50. The molecule has 0 N–H and O–H groups in total. The molecule has 3 nitrogen and oxygen atoms in total. The molecule has 0 amide bonds. The van der Waals surface area contributed by atoms with Crippen molar-refractivity contribution in [2.24, 2.45) is 5.10 Å². The monoisotopic (exact) mass is 213 g/mol. The molecule has 16 heavy (non-hydrogen) atoms. The third-order valence-corrected chi connectivity index (χ3v) is 2.78. The molecule has 0 unspecified atom stereocenters. The molecule has 0 saturated carbocycles. The van der Waals surface area contributed by atoms with Crippen molar-refractivity contribution in [2.75, 3.05) is 6.54 Å². The van der Waals surface area contributed by atoms with E-state index in [4.69, 9.17) is 5.26 Å². The van der Waals surface area contributed by atoms with E-state index in [0.29, 0.717) is 19.0 Å². The van der Waals surface area contributed by atoms with Crippen LogP contribution in [0, 0.1) is 11.3 Å². The molecule has 1 aromatic carbocycles. The van der Waals surface area contributed by atoms with E-state index in [9.17, 15) is 0 Å². The molecular formula is C13H15N3. The van der Waals surface area contributed by atoms with Crippen LogP contribution in [0.5, 0.6) is 0 Å². The van der Waals surface area contributed by atoms with Crippen molar-refractivity contribution in [3.05, 3.63) is 35.9 Å². The summed E-state index contributed by atoms with van der Waals surface area (Å²) in [5, 5.41) is 15.1. The van der Waals surface area contributed by atoms with Gasteiger partial charge in [-0.2, -0.15) is 10.4 Å². The predicted molar refractivity (Wildman–Crippen MR) is 63.8 cm³/mol. The lowest BCUT2D eigenvalue weighted by Gasteiger charge is -2.22. The molecule has 0 saturated heterocycles. The summed E-state index contributed by atoms with van der Waals surface area (Å²) in [7, 11) is 0. The summed E-state index contributed by atoms with van der Waals surface area (Å²) in [5.74, 6) is 0. The van der Waals surface area contributed by atoms with Crippen LogP contribution >= 0.6 is 0 Å². The van der Waals surface area contributed by atoms with Crippen molar-refractivity contribution in [3.63, 3.8) is 0 Å². The topological polar surface area (TPSA) is 39.4 Å². The minimum atomic E-state index is 0.314. The first-order valence-corrected chi connectivity index (χ1v) is 5.54. The standard InChI is InChI=1S/C13H15N3/c1-11-10-13(12-6-3-2-4-7-12)16(15-11)9-5-8-14/h2-4,6-7,13H,5,9-10H2,1H3/t13-/m1/s1. The van der Waals surface area contributed by atoms with Gasteiger partial charge in [0, 0.05) is 18.7 Å². The van der Waals surface area contributed by atoms with Crippen LogP contribution in [0.15, 0.2) is 35.4 Å². The second-order valence-electron chi connectivity index (χ2n) is 4.04. The van der Waals surface area contributed by atoms with Gasteiger partial charge in [-0.1, -0.05) is 30.3 Å². The molecule has 0 spiro atoms. The Balaban J connectivity index is 2.13. The van der Waals surface area contributed by atoms with E-state index in [0.717, 1.165) is 12.1 Å². The van der Waals surface area contributed by atoms with Gasteiger partial charge < -0.3 is 0 Å². The summed E-state index contributed by atoms with van der Waals surface area (Å²) in [5.41, 5.74) is 2.42. The molecule has 82 valence electrons. The molecule has 3 heteroatoms. The van der Waals surface area contributed by atoms with Gasteiger partial charge >= 0.3 is 0 Å². The number of hydrogen-bond donors (Lipinski definition) is 0. The fourth-order valence-corrected chi connectivity index (χ4v) is 2.05. The lowest BCUT2D eigenvalue weighted by molar-refractivity contribution is 0.239. The van der Waals surface area contributed by atoms with E-state index in [2.05, 4.69) is 23.3 Å². The van der Waals surface area contributed by atoms with Crippen molar-refractivity contribution >= 4 is 5.71 Å². The number of benzene rings is 1. The quantitative estimate of drug-likeness (QED) is 0.774. The zero-order valence-corrected chi connectivity index (χ0v) is 9.43. The third kappa shape index (κ3) is 2.22. The highest BCUT2D eigenvalue weighted by molar-refractivity contribution is 5.83. The Morgan fingerprint density at radius 3 is 2.88 bits per heavy atom. The molecule has 2 rings (SSSR count). The van der Waals surface area contributed by atoms with Gasteiger partial charge in [-0.05, 0) is 12.5 Å². The second kappa shape index (κ2) is 4.80. The largest absolute Gasteiger partial charge is 0.288 e. The smallest absolute Gasteiger partial charge is 0.0773 e. The van der Waals surface area contributed by atoms with E-state index < -0.39 is 0 Å². The fraction of sp³-hybridized carbons (Fsp3) is 0.385. The highest BCUT2D eigenvalue weighted by Gasteiger charge is 2.25.